The minimum atomic E-state index is -0.178. The number of Topliss-reactive ketones (excluding diaryl/α,β-unsaturated/α-hetero) is 1. The molecule has 1 atom stereocenters. The van der Waals surface area contributed by atoms with E-state index in [0.717, 1.165) is 11.1 Å². The lowest BCUT2D eigenvalue weighted by atomic mass is 9.86. The van der Waals surface area contributed by atoms with Crippen LogP contribution in [0.15, 0.2) is 54.6 Å². The molecule has 6 heteroatoms. The van der Waals surface area contributed by atoms with Gasteiger partial charge in [-0.3, -0.25) is 4.79 Å². The Morgan fingerprint density at radius 3 is 2.12 bits per heavy atom. The number of benzene rings is 3. The van der Waals surface area contributed by atoms with E-state index in [2.05, 4.69) is 0 Å². The van der Waals surface area contributed by atoms with Crippen LogP contribution in [0.2, 0.25) is 0 Å². The number of phenols is 3. The summed E-state index contributed by atoms with van der Waals surface area (Å²) in [6, 6.07) is 14.6. The zero-order valence-electron chi connectivity index (χ0n) is 18.5. The number of hydrogen-bond acceptors (Lipinski definition) is 6. The Bertz CT molecular complexity index is 1090. The molecule has 0 aromatic heterocycles. The highest BCUT2D eigenvalue weighted by atomic mass is 16.5. The number of rotatable bonds is 9. The summed E-state index contributed by atoms with van der Waals surface area (Å²) in [5.41, 5.74) is 2.88. The monoisotopic (exact) mass is 436 g/mol. The highest BCUT2D eigenvalue weighted by molar-refractivity contribution is 5.96. The number of phenolic OH excluding ortho intramolecular Hbond substituents is 3. The first-order chi connectivity index (χ1) is 15.4. The molecule has 32 heavy (non-hydrogen) atoms. The van der Waals surface area contributed by atoms with Gasteiger partial charge in [-0.2, -0.15) is 0 Å². The summed E-state index contributed by atoms with van der Waals surface area (Å²) in [5.74, 6) is 1.14. The molecule has 3 aromatic carbocycles. The van der Waals surface area contributed by atoms with Crippen LogP contribution in [0.5, 0.6) is 28.7 Å². The summed E-state index contributed by atoms with van der Waals surface area (Å²) in [7, 11) is 3.07. The van der Waals surface area contributed by atoms with Crippen LogP contribution in [0.3, 0.4) is 0 Å². The van der Waals surface area contributed by atoms with E-state index in [1.165, 1.54) is 19.2 Å². The predicted molar refractivity (Wildman–Crippen MR) is 122 cm³/mol. The van der Waals surface area contributed by atoms with Gasteiger partial charge in [-0.05, 0) is 54.8 Å². The third-order valence-electron chi connectivity index (χ3n) is 5.62. The standard InChI is InChI=1S/C26H28O6/c1-4-20(21-11-10-19(28)14-26(21)32-3)22-13-17(25(31-2)15-24(22)30)7-12-23(29)16-5-8-18(27)9-6-16/h5-6,8-11,13-15,20,27-28,30H,4,7,12H2,1-3H3. The van der Waals surface area contributed by atoms with Gasteiger partial charge in [0.05, 0.1) is 14.2 Å². The number of carbonyl (C=O) groups excluding carboxylic acids is 1. The van der Waals surface area contributed by atoms with Crippen molar-refractivity contribution in [3.63, 3.8) is 0 Å². The first kappa shape index (κ1) is 23.0. The van der Waals surface area contributed by atoms with Gasteiger partial charge in [0.2, 0.25) is 0 Å². The van der Waals surface area contributed by atoms with Crippen molar-refractivity contribution in [1.82, 2.24) is 0 Å². The van der Waals surface area contributed by atoms with Crippen molar-refractivity contribution in [3.8, 4) is 28.7 Å². The molecule has 3 rings (SSSR count). The molecule has 168 valence electrons. The highest BCUT2D eigenvalue weighted by Gasteiger charge is 2.22. The molecule has 0 saturated heterocycles. The van der Waals surface area contributed by atoms with E-state index in [1.807, 2.05) is 13.0 Å². The van der Waals surface area contributed by atoms with Crippen molar-refractivity contribution < 1.29 is 29.6 Å². The molecule has 0 bridgehead atoms. The number of aromatic hydroxyl groups is 3. The fraction of sp³-hybridized carbons (Fsp3) is 0.269. The topological polar surface area (TPSA) is 96.2 Å². The van der Waals surface area contributed by atoms with Gasteiger partial charge in [0, 0.05) is 41.2 Å². The van der Waals surface area contributed by atoms with Gasteiger partial charge in [-0.1, -0.05) is 13.0 Å². The minimum absolute atomic E-state index is 0.0473. The summed E-state index contributed by atoms with van der Waals surface area (Å²) < 4.78 is 10.9. The lowest BCUT2D eigenvalue weighted by Crippen LogP contribution is -2.06. The molecule has 0 heterocycles. The van der Waals surface area contributed by atoms with Crippen LogP contribution in [-0.4, -0.2) is 35.3 Å². The van der Waals surface area contributed by atoms with Crippen LogP contribution in [-0.2, 0) is 6.42 Å². The van der Waals surface area contributed by atoms with E-state index >= 15 is 0 Å². The lowest BCUT2D eigenvalue weighted by Gasteiger charge is -2.22. The van der Waals surface area contributed by atoms with Crippen LogP contribution >= 0.6 is 0 Å². The number of aryl methyl sites for hydroxylation is 1. The molecule has 0 saturated carbocycles. The third-order valence-corrected chi connectivity index (χ3v) is 5.62. The number of ether oxygens (including phenoxy) is 2. The van der Waals surface area contributed by atoms with Gasteiger partial charge in [0.25, 0.3) is 0 Å². The van der Waals surface area contributed by atoms with Gasteiger partial charge in [0.1, 0.15) is 28.7 Å². The first-order valence-electron chi connectivity index (χ1n) is 10.5. The van der Waals surface area contributed by atoms with Crippen LogP contribution in [0.1, 0.15) is 52.7 Å². The maximum absolute atomic E-state index is 12.6. The number of ketones is 1. The Morgan fingerprint density at radius 2 is 1.50 bits per heavy atom. The van der Waals surface area contributed by atoms with E-state index in [9.17, 15) is 20.1 Å². The van der Waals surface area contributed by atoms with Crippen molar-refractivity contribution in [2.75, 3.05) is 14.2 Å². The van der Waals surface area contributed by atoms with Crippen LogP contribution in [0.4, 0.5) is 0 Å². The molecular formula is C26H28O6. The van der Waals surface area contributed by atoms with Crippen molar-refractivity contribution >= 4 is 5.78 Å². The van der Waals surface area contributed by atoms with E-state index in [1.54, 1.807) is 43.5 Å². The fourth-order valence-corrected chi connectivity index (χ4v) is 3.93. The van der Waals surface area contributed by atoms with Gasteiger partial charge in [-0.25, -0.2) is 0 Å². The molecule has 3 N–H and O–H groups in total. The van der Waals surface area contributed by atoms with Crippen molar-refractivity contribution in [1.29, 1.82) is 0 Å². The zero-order chi connectivity index (χ0) is 23.3. The third kappa shape index (κ3) is 4.97. The number of hydrogen-bond donors (Lipinski definition) is 3. The molecule has 6 nitrogen and oxygen atoms in total. The van der Waals surface area contributed by atoms with Gasteiger partial charge in [0.15, 0.2) is 5.78 Å². The van der Waals surface area contributed by atoms with Crippen LogP contribution < -0.4 is 9.47 Å². The molecule has 0 aliphatic carbocycles. The van der Waals surface area contributed by atoms with Gasteiger partial charge in [-0.15, -0.1) is 0 Å². The molecule has 0 spiro atoms. The van der Waals surface area contributed by atoms with Gasteiger partial charge < -0.3 is 24.8 Å². The van der Waals surface area contributed by atoms with Crippen molar-refractivity contribution in [2.45, 2.75) is 32.1 Å². The molecule has 0 fully saturated rings. The lowest BCUT2D eigenvalue weighted by molar-refractivity contribution is 0.0982. The second-order valence-corrected chi connectivity index (χ2v) is 7.58. The van der Waals surface area contributed by atoms with Crippen LogP contribution in [0.25, 0.3) is 0 Å². The molecule has 0 aliphatic heterocycles. The van der Waals surface area contributed by atoms with E-state index in [0.29, 0.717) is 35.5 Å². The SMILES string of the molecule is CCC(c1cc(CCC(=O)c2ccc(O)cc2)c(OC)cc1O)c1ccc(O)cc1OC. The Morgan fingerprint density at radius 1 is 0.844 bits per heavy atom. The van der Waals surface area contributed by atoms with E-state index < -0.39 is 0 Å². The largest absolute Gasteiger partial charge is 0.508 e. The highest BCUT2D eigenvalue weighted by Crippen LogP contribution is 2.42. The summed E-state index contributed by atoms with van der Waals surface area (Å²) >= 11 is 0. The van der Waals surface area contributed by atoms with Crippen LogP contribution in [0, 0.1) is 0 Å². The average Bonchev–Trinajstić information content (AvgIpc) is 2.80. The summed E-state index contributed by atoms with van der Waals surface area (Å²) in [6.45, 7) is 2.01. The molecule has 1 unspecified atom stereocenters. The van der Waals surface area contributed by atoms with Gasteiger partial charge >= 0.3 is 0 Å². The Balaban J connectivity index is 1.93. The predicted octanol–water partition coefficient (Wildman–Crippen LogP) is 5.18. The number of methoxy groups -OCH3 is 2. The Kier molecular flexibility index (Phi) is 7.25. The molecular weight excluding hydrogens is 408 g/mol. The summed E-state index contributed by atoms with van der Waals surface area (Å²) in [6.07, 6.45) is 1.37. The average molecular weight is 437 g/mol. The number of carbonyl (C=O) groups is 1. The molecule has 0 aliphatic rings. The Labute approximate surface area is 187 Å². The Hall–Kier alpha value is -3.67. The maximum Gasteiger partial charge on any atom is 0.163 e. The summed E-state index contributed by atoms with van der Waals surface area (Å²) in [4.78, 5) is 12.6. The molecule has 0 amide bonds. The normalized spacial score (nSPS) is 11.7. The smallest absolute Gasteiger partial charge is 0.163 e. The molecule has 3 aromatic rings. The van der Waals surface area contributed by atoms with E-state index in [-0.39, 0.29) is 35.4 Å². The second kappa shape index (κ2) is 10.1. The fourth-order valence-electron chi connectivity index (χ4n) is 3.93. The second-order valence-electron chi connectivity index (χ2n) is 7.58. The molecule has 0 radical (unpaired) electrons. The zero-order valence-corrected chi connectivity index (χ0v) is 18.5. The maximum atomic E-state index is 12.6. The minimum Gasteiger partial charge on any atom is -0.508 e. The van der Waals surface area contributed by atoms with Crippen molar-refractivity contribution in [2.24, 2.45) is 0 Å². The summed E-state index contributed by atoms with van der Waals surface area (Å²) in [5, 5.41) is 30.0. The van der Waals surface area contributed by atoms with E-state index in [4.69, 9.17) is 9.47 Å². The van der Waals surface area contributed by atoms with Crippen molar-refractivity contribution in [3.05, 3.63) is 76.9 Å². The first-order valence-corrected chi connectivity index (χ1v) is 10.5. The quantitative estimate of drug-likeness (QED) is 0.400.